The Labute approximate surface area is 226 Å². The number of hydrogen-bond acceptors (Lipinski definition) is 5. The number of ether oxygens (including phenoxy) is 2. The Morgan fingerprint density at radius 2 is 1.68 bits per heavy atom. The van der Waals surface area contributed by atoms with Gasteiger partial charge >= 0.3 is 0 Å². The minimum absolute atomic E-state index is 0.0718. The van der Waals surface area contributed by atoms with Crippen LogP contribution in [0.2, 0.25) is 10.0 Å². The minimum atomic E-state index is -0.286. The molecule has 7 nitrogen and oxygen atoms in total. The van der Waals surface area contributed by atoms with Crippen molar-refractivity contribution >= 4 is 40.4 Å². The first kappa shape index (κ1) is 25.2. The number of amides is 1. The molecule has 4 aromatic rings. The molecule has 5 rings (SSSR count). The largest absolute Gasteiger partial charge is 0.497 e. The summed E-state index contributed by atoms with van der Waals surface area (Å²) in [6.45, 7) is 2.69. The first-order chi connectivity index (χ1) is 18.0. The monoisotopic (exact) mass is 538 g/mol. The molecule has 1 fully saturated rings. The number of hydrogen-bond donors (Lipinski definition) is 0. The maximum atomic E-state index is 13.7. The van der Waals surface area contributed by atoms with E-state index >= 15 is 0 Å². The Bertz CT molecular complexity index is 1390. The summed E-state index contributed by atoms with van der Waals surface area (Å²) >= 11 is 12.7. The molecule has 1 unspecified atom stereocenters. The molecule has 0 radical (unpaired) electrons. The highest BCUT2D eigenvalue weighted by molar-refractivity contribution is 6.33. The number of carbonyl (C=O) groups excluding carboxylic acids is 1. The molecule has 0 saturated carbocycles. The van der Waals surface area contributed by atoms with E-state index in [1.807, 2.05) is 70.2 Å². The average Bonchev–Trinajstić information content (AvgIpc) is 3.34. The number of pyridine rings is 1. The summed E-state index contributed by atoms with van der Waals surface area (Å²) in [5.74, 6) is 1.10. The van der Waals surface area contributed by atoms with Crippen LogP contribution in [0.1, 0.15) is 23.6 Å². The van der Waals surface area contributed by atoms with E-state index < -0.39 is 0 Å². The molecular weight excluding hydrogens is 511 g/mol. The number of nitrogens with zero attached hydrogens (tertiary/aromatic N) is 4. The molecule has 192 valence electrons. The molecule has 1 aliphatic heterocycles. The van der Waals surface area contributed by atoms with E-state index in [4.69, 9.17) is 32.7 Å². The van der Waals surface area contributed by atoms with Gasteiger partial charge in [0.2, 0.25) is 5.91 Å². The SMILES string of the molecule is COc1cc(OC)cc(C(CC(=O)N2CCN(c3ccccc3Cl)CC2)c2cnc3ccc(Cl)cn23)c1. The van der Waals surface area contributed by atoms with Gasteiger partial charge in [-0.15, -0.1) is 0 Å². The number of imidazole rings is 1. The summed E-state index contributed by atoms with van der Waals surface area (Å²) in [5.41, 5.74) is 3.54. The number of anilines is 1. The second-order valence-electron chi connectivity index (χ2n) is 8.98. The van der Waals surface area contributed by atoms with E-state index in [0.717, 1.165) is 40.7 Å². The van der Waals surface area contributed by atoms with Crippen LogP contribution >= 0.6 is 23.2 Å². The Morgan fingerprint density at radius 3 is 2.35 bits per heavy atom. The van der Waals surface area contributed by atoms with Crippen molar-refractivity contribution in [1.29, 1.82) is 0 Å². The molecule has 0 spiro atoms. The smallest absolute Gasteiger partial charge is 0.223 e. The van der Waals surface area contributed by atoms with Gasteiger partial charge in [-0.3, -0.25) is 4.79 Å². The lowest BCUT2D eigenvalue weighted by Gasteiger charge is -2.37. The number of aromatic nitrogens is 2. The number of benzene rings is 2. The van der Waals surface area contributed by atoms with Gasteiger partial charge in [-0.2, -0.15) is 0 Å². The Hall–Kier alpha value is -3.42. The van der Waals surface area contributed by atoms with Crippen molar-refractivity contribution in [2.24, 2.45) is 0 Å². The van der Waals surface area contributed by atoms with E-state index in [2.05, 4.69) is 9.88 Å². The molecule has 2 aromatic carbocycles. The summed E-state index contributed by atoms with van der Waals surface area (Å²) in [7, 11) is 3.23. The second kappa shape index (κ2) is 10.9. The van der Waals surface area contributed by atoms with Crippen molar-refractivity contribution in [1.82, 2.24) is 14.3 Å². The first-order valence-electron chi connectivity index (χ1n) is 12.1. The Balaban J connectivity index is 1.43. The number of carbonyl (C=O) groups is 1. The van der Waals surface area contributed by atoms with E-state index in [9.17, 15) is 4.79 Å². The lowest BCUT2D eigenvalue weighted by molar-refractivity contribution is -0.131. The molecule has 0 N–H and O–H groups in total. The summed E-state index contributed by atoms with van der Waals surface area (Å²) in [6.07, 6.45) is 3.91. The standard InChI is InChI=1S/C28H28Cl2N4O3/c1-36-21-13-19(14-22(15-21)37-2)23(26-17-31-27-8-7-20(29)18-34(26)27)16-28(35)33-11-9-32(10-12-33)25-6-4-3-5-24(25)30/h3-8,13-15,17-18,23H,9-12,16H2,1-2H3. The number of fused-ring (bicyclic) bond motifs is 1. The summed E-state index contributed by atoms with van der Waals surface area (Å²) in [4.78, 5) is 22.4. The molecule has 9 heteroatoms. The molecule has 1 aliphatic rings. The van der Waals surface area contributed by atoms with Crippen LogP contribution in [0, 0.1) is 0 Å². The number of piperazine rings is 1. The van der Waals surface area contributed by atoms with Gasteiger partial charge in [0.25, 0.3) is 0 Å². The zero-order valence-corrected chi connectivity index (χ0v) is 22.2. The van der Waals surface area contributed by atoms with Crippen LogP contribution in [0.4, 0.5) is 5.69 Å². The lowest BCUT2D eigenvalue weighted by atomic mass is 9.91. The van der Waals surface area contributed by atoms with Crippen LogP contribution in [-0.2, 0) is 4.79 Å². The molecule has 1 saturated heterocycles. The van der Waals surface area contributed by atoms with Crippen LogP contribution in [0.3, 0.4) is 0 Å². The van der Waals surface area contributed by atoms with E-state index in [-0.39, 0.29) is 18.2 Å². The fraction of sp³-hybridized carbons (Fsp3) is 0.286. The number of methoxy groups -OCH3 is 2. The van der Waals surface area contributed by atoms with Crippen LogP contribution in [0.15, 0.2) is 67.0 Å². The number of halogens is 2. The van der Waals surface area contributed by atoms with Gasteiger partial charge < -0.3 is 23.7 Å². The fourth-order valence-corrected chi connectivity index (χ4v) is 5.28. The Morgan fingerprint density at radius 1 is 0.973 bits per heavy atom. The summed E-state index contributed by atoms with van der Waals surface area (Å²) in [6, 6.07) is 17.2. The molecule has 3 heterocycles. The highest BCUT2D eigenvalue weighted by Crippen LogP contribution is 2.35. The van der Waals surface area contributed by atoms with Crippen LogP contribution in [-0.4, -0.2) is 60.6 Å². The van der Waals surface area contributed by atoms with Crippen LogP contribution in [0.25, 0.3) is 5.65 Å². The predicted molar refractivity (Wildman–Crippen MR) is 146 cm³/mol. The molecule has 1 atom stereocenters. The molecular formula is C28H28Cl2N4O3. The van der Waals surface area contributed by atoms with Gasteiger partial charge in [-0.25, -0.2) is 4.98 Å². The van der Waals surface area contributed by atoms with Gasteiger partial charge in [-0.1, -0.05) is 35.3 Å². The maximum absolute atomic E-state index is 13.7. The van der Waals surface area contributed by atoms with Crippen molar-refractivity contribution in [2.45, 2.75) is 12.3 Å². The zero-order valence-electron chi connectivity index (χ0n) is 20.7. The van der Waals surface area contributed by atoms with Gasteiger partial charge in [-0.05, 0) is 42.0 Å². The van der Waals surface area contributed by atoms with Gasteiger partial charge in [0.15, 0.2) is 0 Å². The van der Waals surface area contributed by atoms with Gasteiger partial charge in [0.1, 0.15) is 17.1 Å². The van der Waals surface area contributed by atoms with Gasteiger partial charge in [0.05, 0.1) is 35.6 Å². The normalized spacial score (nSPS) is 14.6. The average molecular weight is 539 g/mol. The third-order valence-corrected chi connectivity index (χ3v) is 7.38. The highest BCUT2D eigenvalue weighted by atomic mass is 35.5. The first-order valence-corrected chi connectivity index (χ1v) is 12.8. The maximum Gasteiger partial charge on any atom is 0.223 e. The number of para-hydroxylation sites is 1. The van der Waals surface area contributed by atoms with Crippen molar-refractivity contribution < 1.29 is 14.3 Å². The van der Waals surface area contributed by atoms with E-state index in [0.29, 0.717) is 29.6 Å². The fourth-order valence-electron chi connectivity index (χ4n) is 4.86. The highest BCUT2D eigenvalue weighted by Gasteiger charge is 2.28. The third kappa shape index (κ3) is 5.33. The summed E-state index contributed by atoms with van der Waals surface area (Å²) in [5, 5.41) is 1.32. The molecule has 37 heavy (non-hydrogen) atoms. The van der Waals surface area contributed by atoms with Crippen molar-refractivity contribution in [3.63, 3.8) is 0 Å². The molecule has 1 amide bonds. The molecule has 0 bridgehead atoms. The Kier molecular flexibility index (Phi) is 7.44. The molecule has 2 aromatic heterocycles. The van der Waals surface area contributed by atoms with Crippen molar-refractivity contribution in [2.75, 3.05) is 45.3 Å². The zero-order chi connectivity index (χ0) is 25.9. The summed E-state index contributed by atoms with van der Waals surface area (Å²) < 4.78 is 13.0. The van der Waals surface area contributed by atoms with Crippen LogP contribution < -0.4 is 14.4 Å². The van der Waals surface area contributed by atoms with Gasteiger partial charge in [0, 0.05) is 57.0 Å². The number of rotatable bonds is 7. The van der Waals surface area contributed by atoms with Crippen molar-refractivity contribution in [3.05, 3.63) is 88.3 Å². The minimum Gasteiger partial charge on any atom is -0.497 e. The van der Waals surface area contributed by atoms with Crippen LogP contribution in [0.5, 0.6) is 11.5 Å². The topological polar surface area (TPSA) is 59.3 Å². The van der Waals surface area contributed by atoms with Crippen molar-refractivity contribution in [3.8, 4) is 11.5 Å². The molecule has 0 aliphatic carbocycles. The van der Waals surface area contributed by atoms with E-state index in [1.54, 1.807) is 20.3 Å². The third-order valence-electron chi connectivity index (χ3n) is 6.84. The lowest BCUT2D eigenvalue weighted by Crippen LogP contribution is -2.49. The van der Waals surface area contributed by atoms with E-state index in [1.165, 1.54) is 0 Å². The second-order valence-corrected chi connectivity index (χ2v) is 9.82. The quantitative estimate of drug-likeness (QED) is 0.309. The predicted octanol–water partition coefficient (Wildman–Crippen LogP) is 5.53.